The van der Waals surface area contributed by atoms with Gasteiger partial charge in [-0.15, -0.1) is 0 Å². The zero-order chi connectivity index (χ0) is 18.0. The molecule has 0 spiro atoms. The maximum absolute atomic E-state index is 12.9. The highest BCUT2D eigenvalue weighted by atomic mass is 32.2. The minimum absolute atomic E-state index is 0.219. The molecule has 1 fully saturated rings. The van der Waals surface area contributed by atoms with Crippen molar-refractivity contribution < 1.29 is 13.2 Å². The van der Waals surface area contributed by atoms with Crippen LogP contribution < -0.4 is 4.74 Å². The van der Waals surface area contributed by atoms with Gasteiger partial charge in [0, 0.05) is 37.5 Å². The standard InChI is InChI=1S/C20H18N2O3S/c23-26(24,22-14-17(15-22)16-9-11-21-12-10-16)20-8-4-7-19(13-20)25-18-5-2-1-3-6-18/h1-13,17H,14-15H2. The second-order valence-corrected chi connectivity index (χ2v) is 8.13. The van der Waals surface area contributed by atoms with Crippen LogP contribution in [0.4, 0.5) is 0 Å². The van der Waals surface area contributed by atoms with E-state index in [0.29, 0.717) is 24.6 Å². The second-order valence-electron chi connectivity index (χ2n) is 6.19. The van der Waals surface area contributed by atoms with E-state index in [9.17, 15) is 8.42 Å². The van der Waals surface area contributed by atoms with Crippen LogP contribution in [0.15, 0.2) is 84.0 Å². The van der Waals surface area contributed by atoms with Crippen molar-refractivity contribution in [1.82, 2.24) is 9.29 Å². The summed E-state index contributed by atoms with van der Waals surface area (Å²) in [6.45, 7) is 0.965. The highest BCUT2D eigenvalue weighted by Crippen LogP contribution is 2.33. The normalized spacial score (nSPS) is 15.4. The molecule has 1 saturated heterocycles. The quantitative estimate of drug-likeness (QED) is 0.691. The van der Waals surface area contributed by atoms with E-state index in [1.165, 1.54) is 4.31 Å². The van der Waals surface area contributed by atoms with E-state index in [1.807, 2.05) is 42.5 Å². The van der Waals surface area contributed by atoms with Crippen LogP contribution in [-0.2, 0) is 10.0 Å². The Bertz CT molecular complexity index is 986. The van der Waals surface area contributed by atoms with Crippen LogP contribution in [0.3, 0.4) is 0 Å². The predicted octanol–water partition coefficient (Wildman–Crippen LogP) is 3.66. The van der Waals surface area contributed by atoms with E-state index in [-0.39, 0.29) is 10.8 Å². The smallest absolute Gasteiger partial charge is 0.243 e. The summed E-state index contributed by atoms with van der Waals surface area (Å²) in [6.07, 6.45) is 3.47. The Labute approximate surface area is 152 Å². The SMILES string of the molecule is O=S(=O)(c1cccc(Oc2ccccc2)c1)N1CC(c2ccncc2)C1. The van der Waals surface area contributed by atoms with Crippen LogP contribution in [0.1, 0.15) is 11.5 Å². The Morgan fingerprint density at radius 1 is 0.885 bits per heavy atom. The van der Waals surface area contributed by atoms with Crippen molar-refractivity contribution in [3.05, 3.63) is 84.7 Å². The summed E-state index contributed by atoms with van der Waals surface area (Å²) >= 11 is 0. The van der Waals surface area contributed by atoms with Crippen LogP contribution in [-0.4, -0.2) is 30.8 Å². The van der Waals surface area contributed by atoms with Crippen LogP contribution in [0.2, 0.25) is 0 Å². The molecule has 3 aromatic rings. The summed E-state index contributed by atoms with van der Waals surface area (Å²) in [5.74, 6) is 1.39. The van der Waals surface area contributed by atoms with Gasteiger partial charge in [-0.1, -0.05) is 24.3 Å². The summed E-state index contributed by atoms with van der Waals surface area (Å²) in [5, 5.41) is 0. The van der Waals surface area contributed by atoms with Crippen molar-refractivity contribution in [2.75, 3.05) is 13.1 Å². The third-order valence-corrected chi connectivity index (χ3v) is 6.28. The highest BCUT2D eigenvalue weighted by Gasteiger charge is 2.37. The molecule has 0 aliphatic carbocycles. The summed E-state index contributed by atoms with van der Waals surface area (Å²) in [7, 11) is -3.52. The molecule has 0 saturated carbocycles. The number of pyridine rings is 1. The van der Waals surface area contributed by atoms with E-state index in [1.54, 1.807) is 36.7 Å². The molecule has 1 aromatic heterocycles. The molecule has 0 N–H and O–H groups in total. The average Bonchev–Trinajstić information content (AvgIpc) is 2.62. The Balaban J connectivity index is 1.49. The molecule has 26 heavy (non-hydrogen) atoms. The number of aromatic nitrogens is 1. The average molecular weight is 366 g/mol. The number of rotatable bonds is 5. The first-order chi connectivity index (χ1) is 12.6. The maximum Gasteiger partial charge on any atom is 0.243 e. The number of para-hydroxylation sites is 1. The second kappa shape index (κ2) is 6.90. The molecule has 4 rings (SSSR count). The molecule has 6 heteroatoms. The molecular formula is C20H18N2O3S. The summed E-state index contributed by atoms with van der Waals surface area (Å²) in [6, 6.07) is 19.8. The molecular weight excluding hydrogens is 348 g/mol. The monoisotopic (exact) mass is 366 g/mol. The first-order valence-corrected chi connectivity index (χ1v) is 9.80. The van der Waals surface area contributed by atoms with Crippen LogP contribution >= 0.6 is 0 Å². The van der Waals surface area contributed by atoms with E-state index in [2.05, 4.69) is 4.98 Å². The molecule has 5 nitrogen and oxygen atoms in total. The predicted molar refractivity (Wildman–Crippen MR) is 98.7 cm³/mol. The fourth-order valence-electron chi connectivity index (χ4n) is 2.95. The van der Waals surface area contributed by atoms with Crippen molar-refractivity contribution in [3.63, 3.8) is 0 Å². The number of sulfonamides is 1. The molecule has 0 atom stereocenters. The lowest BCUT2D eigenvalue weighted by molar-refractivity contribution is 0.264. The van der Waals surface area contributed by atoms with Crippen molar-refractivity contribution in [1.29, 1.82) is 0 Å². The van der Waals surface area contributed by atoms with Crippen LogP contribution in [0.5, 0.6) is 11.5 Å². The summed E-state index contributed by atoms with van der Waals surface area (Å²) in [5.41, 5.74) is 1.12. The molecule has 0 unspecified atom stereocenters. The molecule has 0 amide bonds. The van der Waals surface area contributed by atoms with Gasteiger partial charge < -0.3 is 4.74 Å². The van der Waals surface area contributed by atoms with Gasteiger partial charge in [-0.25, -0.2) is 8.42 Å². The minimum Gasteiger partial charge on any atom is -0.457 e. The van der Waals surface area contributed by atoms with Crippen molar-refractivity contribution in [3.8, 4) is 11.5 Å². The Morgan fingerprint density at radius 2 is 1.58 bits per heavy atom. The molecule has 1 aliphatic rings. The zero-order valence-corrected chi connectivity index (χ0v) is 14.8. The van der Waals surface area contributed by atoms with Gasteiger partial charge >= 0.3 is 0 Å². The van der Waals surface area contributed by atoms with Gasteiger partial charge in [-0.05, 0) is 42.0 Å². The maximum atomic E-state index is 12.9. The Kier molecular flexibility index (Phi) is 4.44. The van der Waals surface area contributed by atoms with Gasteiger partial charge in [0.05, 0.1) is 4.90 Å². The van der Waals surface area contributed by atoms with Crippen molar-refractivity contribution in [2.45, 2.75) is 10.8 Å². The van der Waals surface area contributed by atoms with Gasteiger partial charge in [0.25, 0.3) is 0 Å². The van der Waals surface area contributed by atoms with E-state index in [0.717, 1.165) is 5.56 Å². The van der Waals surface area contributed by atoms with E-state index in [4.69, 9.17) is 4.74 Å². The molecule has 1 aliphatic heterocycles. The minimum atomic E-state index is -3.52. The largest absolute Gasteiger partial charge is 0.457 e. The lowest BCUT2D eigenvalue weighted by atomic mass is 9.95. The first kappa shape index (κ1) is 16.8. The summed E-state index contributed by atoms with van der Waals surface area (Å²) in [4.78, 5) is 4.25. The topological polar surface area (TPSA) is 59.5 Å². The molecule has 0 radical (unpaired) electrons. The van der Waals surface area contributed by atoms with E-state index < -0.39 is 10.0 Å². The van der Waals surface area contributed by atoms with Crippen LogP contribution in [0.25, 0.3) is 0 Å². The first-order valence-electron chi connectivity index (χ1n) is 8.36. The number of hydrogen-bond acceptors (Lipinski definition) is 4. The highest BCUT2D eigenvalue weighted by molar-refractivity contribution is 7.89. The molecule has 2 aromatic carbocycles. The van der Waals surface area contributed by atoms with Gasteiger partial charge in [0.2, 0.25) is 10.0 Å². The Hall–Kier alpha value is -2.70. The molecule has 2 heterocycles. The number of benzene rings is 2. The lowest BCUT2D eigenvalue weighted by Crippen LogP contribution is -2.48. The third kappa shape index (κ3) is 3.34. The number of nitrogens with zero attached hydrogens (tertiary/aromatic N) is 2. The van der Waals surface area contributed by atoms with Gasteiger partial charge in [0.15, 0.2) is 0 Å². The van der Waals surface area contributed by atoms with Crippen molar-refractivity contribution >= 4 is 10.0 Å². The molecule has 0 bridgehead atoms. The molecule has 132 valence electrons. The number of ether oxygens (including phenoxy) is 1. The fourth-order valence-corrected chi connectivity index (χ4v) is 4.52. The van der Waals surface area contributed by atoms with Crippen molar-refractivity contribution in [2.24, 2.45) is 0 Å². The van der Waals surface area contributed by atoms with Crippen LogP contribution in [0, 0.1) is 0 Å². The lowest BCUT2D eigenvalue weighted by Gasteiger charge is -2.38. The fraction of sp³-hybridized carbons (Fsp3) is 0.150. The summed E-state index contributed by atoms with van der Waals surface area (Å²) < 4.78 is 33.0. The zero-order valence-electron chi connectivity index (χ0n) is 14.0. The third-order valence-electron chi connectivity index (χ3n) is 4.45. The van der Waals surface area contributed by atoms with Gasteiger partial charge in [-0.3, -0.25) is 4.98 Å². The van der Waals surface area contributed by atoms with E-state index >= 15 is 0 Å². The number of hydrogen-bond donors (Lipinski definition) is 0. The van der Waals surface area contributed by atoms with Gasteiger partial charge in [-0.2, -0.15) is 4.31 Å². The van der Waals surface area contributed by atoms with Gasteiger partial charge in [0.1, 0.15) is 11.5 Å². The Morgan fingerprint density at radius 3 is 2.31 bits per heavy atom.